The van der Waals surface area contributed by atoms with Gasteiger partial charge in [-0.15, -0.1) is 0 Å². The summed E-state index contributed by atoms with van der Waals surface area (Å²) in [5, 5.41) is 9.36. The van der Waals surface area contributed by atoms with Gasteiger partial charge in [0.2, 0.25) is 0 Å². The summed E-state index contributed by atoms with van der Waals surface area (Å²) >= 11 is 0. The summed E-state index contributed by atoms with van der Waals surface area (Å²) in [6.45, 7) is 11.5. The summed E-state index contributed by atoms with van der Waals surface area (Å²) in [4.78, 5) is 9.36. The molecular weight excluding hydrogens is 222 g/mol. The average molecular weight is 249 g/mol. The Labute approximate surface area is 105 Å². The highest BCUT2D eigenvalue weighted by Crippen LogP contribution is 1.99. The summed E-state index contributed by atoms with van der Waals surface area (Å²) in [5.41, 5.74) is 0. The Morgan fingerprint density at radius 3 is 2.00 bits per heavy atom. The van der Waals surface area contributed by atoms with Gasteiger partial charge in [-0.3, -0.25) is 0 Å². The number of carboxylic acid groups (broad SMARTS) is 1. The van der Waals surface area contributed by atoms with E-state index in [4.69, 9.17) is 4.74 Å². The minimum atomic E-state index is -1.18. The highest BCUT2D eigenvalue weighted by molar-refractivity contribution is 5.65. The molecule has 0 unspecified atom stereocenters. The SMILES string of the molecule is CCOCC[N+](C)(CC)CC.COCC(=O)[O-]. The predicted octanol–water partition coefficient (Wildman–Crippen LogP) is -0.108. The minimum absolute atomic E-state index is 0.319. The fourth-order valence-corrected chi connectivity index (χ4v) is 1.09. The van der Waals surface area contributed by atoms with Crippen molar-refractivity contribution >= 4 is 5.97 Å². The van der Waals surface area contributed by atoms with Crippen molar-refractivity contribution in [1.29, 1.82) is 0 Å². The van der Waals surface area contributed by atoms with Crippen LogP contribution in [0.1, 0.15) is 20.8 Å². The number of hydrogen-bond acceptors (Lipinski definition) is 4. The van der Waals surface area contributed by atoms with E-state index >= 15 is 0 Å². The standard InChI is InChI=1S/C9H22NO.C3H6O3/c1-5-10(4,6-2)8-9-11-7-3;1-6-2-3(4)5/h5-9H2,1-4H3;2H2,1H3,(H,4,5)/q+1;/p-1. The molecule has 0 saturated carbocycles. The van der Waals surface area contributed by atoms with Crippen molar-refractivity contribution in [1.82, 2.24) is 0 Å². The van der Waals surface area contributed by atoms with Gasteiger partial charge in [0.1, 0.15) is 6.54 Å². The van der Waals surface area contributed by atoms with E-state index < -0.39 is 5.97 Å². The minimum Gasteiger partial charge on any atom is -0.548 e. The number of hydrogen-bond donors (Lipinski definition) is 0. The van der Waals surface area contributed by atoms with E-state index in [1.165, 1.54) is 20.2 Å². The van der Waals surface area contributed by atoms with Crippen molar-refractivity contribution < 1.29 is 23.9 Å². The van der Waals surface area contributed by atoms with Crippen LogP contribution in [0, 0.1) is 0 Å². The molecule has 0 spiro atoms. The number of rotatable bonds is 8. The number of carbonyl (C=O) groups excluding carboxylic acids is 1. The lowest BCUT2D eigenvalue weighted by molar-refractivity contribution is -0.906. The van der Waals surface area contributed by atoms with Crippen LogP contribution >= 0.6 is 0 Å². The van der Waals surface area contributed by atoms with Gasteiger partial charge in [-0.05, 0) is 20.8 Å². The van der Waals surface area contributed by atoms with Gasteiger partial charge in [0.15, 0.2) is 0 Å². The largest absolute Gasteiger partial charge is 0.548 e. The Hall–Kier alpha value is -0.650. The molecule has 0 aliphatic heterocycles. The van der Waals surface area contributed by atoms with E-state index in [-0.39, 0.29) is 6.61 Å². The average Bonchev–Trinajstić information content (AvgIpc) is 2.30. The first-order chi connectivity index (χ1) is 7.95. The molecule has 5 nitrogen and oxygen atoms in total. The molecule has 0 amide bonds. The van der Waals surface area contributed by atoms with Crippen LogP contribution in [0.3, 0.4) is 0 Å². The fourth-order valence-electron chi connectivity index (χ4n) is 1.09. The van der Waals surface area contributed by atoms with E-state index in [1.807, 2.05) is 6.92 Å². The van der Waals surface area contributed by atoms with Crippen LogP contribution in [-0.4, -0.2) is 64.1 Å². The third kappa shape index (κ3) is 13.3. The van der Waals surface area contributed by atoms with Gasteiger partial charge in [0.05, 0.1) is 39.3 Å². The Kier molecular flexibility index (Phi) is 13.0. The predicted molar refractivity (Wildman–Crippen MR) is 65.5 cm³/mol. The van der Waals surface area contributed by atoms with Crippen LogP contribution in [0.5, 0.6) is 0 Å². The van der Waals surface area contributed by atoms with Gasteiger partial charge in [0, 0.05) is 13.7 Å². The number of nitrogens with zero attached hydrogens (tertiary/aromatic N) is 1. The zero-order chi connectivity index (χ0) is 13.7. The molecule has 0 aromatic rings. The van der Waals surface area contributed by atoms with E-state index in [0.717, 1.165) is 24.2 Å². The number of ether oxygens (including phenoxy) is 2. The maximum absolute atomic E-state index is 9.36. The first-order valence-corrected chi connectivity index (χ1v) is 6.05. The van der Waals surface area contributed by atoms with Gasteiger partial charge < -0.3 is 23.9 Å². The normalized spacial score (nSPS) is 10.6. The van der Waals surface area contributed by atoms with Crippen LogP contribution in [0.25, 0.3) is 0 Å². The molecule has 0 N–H and O–H groups in total. The third-order valence-electron chi connectivity index (χ3n) is 2.77. The monoisotopic (exact) mass is 249 g/mol. The summed E-state index contributed by atoms with van der Waals surface area (Å²) in [5.74, 6) is -1.18. The molecule has 0 radical (unpaired) electrons. The number of likely N-dealkylation sites (N-methyl/N-ethyl adjacent to an activating group) is 1. The second-order valence-electron chi connectivity index (χ2n) is 3.98. The molecule has 0 rings (SSSR count). The van der Waals surface area contributed by atoms with Gasteiger partial charge in [-0.2, -0.15) is 0 Å². The van der Waals surface area contributed by atoms with Crippen molar-refractivity contribution in [3.8, 4) is 0 Å². The molecular formula is C12H27NO4. The Bertz CT molecular complexity index is 181. The second-order valence-corrected chi connectivity index (χ2v) is 3.98. The fraction of sp³-hybridized carbons (Fsp3) is 0.917. The summed E-state index contributed by atoms with van der Waals surface area (Å²) in [6, 6.07) is 0. The zero-order valence-corrected chi connectivity index (χ0v) is 11.8. The number of quaternary nitrogens is 1. The van der Waals surface area contributed by atoms with E-state index in [2.05, 4.69) is 25.6 Å². The Morgan fingerprint density at radius 1 is 1.24 bits per heavy atom. The number of methoxy groups -OCH3 is 1. The molecule has 0 aromatic heterocycles. The zero-order valence-electron chi connectivity index (χ0n) is 11.8. The van der Waals surface area contributed by atoms with Crippen molar-refractivity contribution in [2.45, 2.75) is 20.8 Å². The van der Waals surface area contributed by atoms with Crippen LogP contribution < -0.4 is 5.11 Å². The summed E-state index contributed by atoms with van der Waals surface area (Å²) in [7, 11) is 3.58. The molecule has 0 fully saturated rings. The highest BCUT2D eigenvalue weighted by atomic mass is 16.5. The summed E-state index contributed by atoms with van der Waals surface area (Å²) < 4.78 is 10.6. The lowest BCUT2D eigenvalue weighted by atomic mass is 10.4. The Morgan fingerprint density at radius 2 is 1.76 bits per heavy atom. The smallest absolute Gasteiger partial charge is 0.102 e. The van der Waals surface area contributed by atoms with E-state index in [0.29, 0.717) is 0 Å². The van der Waals surface area contributed by atoms with Gasteiger partial charge in [0.25, 0.3) is 0 Å². The maximum Gasteiger partial charge on any atom is 0.102 e. The lowest BCUT2D eigenvalue weighted by Crippen LogP contribution is -2.45. The van der Waals surface area contributed by atoms with Crippen LogP contribution in [0.2, 0.25) is 0 Å². The molecule has 0 aromatic carbocycles. The number of carboxylic acids is 1. The van der Waals surface area contributed by atoms with Crippen molar-refractivity contribution in [2.75, 3.05) is 53.6 Å². The van der Waals surface area contributed by atoms with Gasteiger partial charge in [-0.1, -0.05) is 0 Å². The summed E-state index contributed by atoms with van der Waals surface area (Å²) in [6.07, 6.45) is 0. The highest BCUT2D eigenvalue weighted by Gasteiger charge is 2.14. The van der Waals surface area contributed by atoms with Crippen LogP contribution in [0.15, 0.2) is 0 Å². The molecule has 0 aliphatic rings. The van der Waals surface area contributed by atoms with Gasteiger partial charge >= 0.3 is 0 Å². The van der Waals surface area contributed by atoms with Crippen LogP contribution in [-0.2, 0) is 14.3 Å². The first kappa shape index (κ1) is 18.7. The van der Waals surface area contributed by atoms with Crippen molar-refractivity contribution in [2.24, 2.45) is 0 Å². The topological polar surface area (TPSA) is 58.6 Å². The van der Waals surface area contributed by atoms with E-state index in [1.54, 1.807) is 0 Å². The third-order valence-corrected chi connectivity index (χ3v) is 2.77. The molecule has 0 saturated heterocycles. The van der Waals surface area contributed by atoms with Crippen molar-refractivity contribution in [3.05, 3.63) is 0 Å². The molecule has 5 heteroatoms. The molecule has 0 bridgehead atoms. The quantitative estimate of drug-likeness (QED) is 0.445. The molecule has 104 valence electrons. The molecule has 0 heterocycles. The van der Waals surface area contributed by atoms with Crippen molar-refractivity contribution in [3.63, 3.8) is 0 Å². The molecule has 0 aliphatic carbocycles. The van der Waals surface area contributed by atoms with Gasteiger partial charge in [-0.25, -0.2) is 0 Å². The lowest BCUT2D eigenvalue weighted by Gasteiger charge is -2.31. The second kappa shape index (κ2) is 11.8. The first-order valence-electron chi connectivity index (χ1n) is 6.05. The molecule has 17 heavy (non-hydrogen) atoms. The maximum atomic E-state index is 9.36. The Balaban J connectivity index is 0. The van der Waals surface area contributed by atoms with Crippen LogP contribution in [0.4, 0.5) is 0 Å². The number of carbonyl (C=O) groups is 1. The van der Waals surface area contributed by atoms with E-state index in [9.17, 15) is 9.90 Å². The molecule has 0 atom stereocenters. The number of aliphatic carboxylic acids is 1.